The van der Waals surface area contributed by atoms with Crippen molar-refractivity contribution in [3.63, 3.8) is 0 Å². The summed E-state index contributed by atoms with van der Waals surface area (Å²) in [6.07, 6.45) is 1.39. The lowest BCUT2D eigenvalue weighted by Crippen LogP contribution is -2.24. The predicted octanol–water partition coefficient (Wildman–Crippen LogP) is 2.37. The minimum Gasteiger partial charge on any atom is -0.494 e. The van der Waals surface area contributed by atoms with Crippen molar-refractivity contribution in [1.82, 2.24) is 5.16 Å². The Hall–Kier alpha value is -2.83. The van der Waals surface area contributed by atoms with Gasteiger partial charge in [-0.25, -0.2) is 0 Å². The van der Waals surface area contributed by atoms with E-state index in [1.807, 2.05) is 0 Å². The maximum Gasteiger partial charge on any atom is 0.294 e. The fourth-order valence-corrected chi connectivity index (χ4v) is 2.54. The molecule has 1 aliphatic rings. The number of hydrogen-bond donors (Lipinski definition) is 1. The molecule has 0 aliphatic carbocycles. The molecule has 2 amide bonds. The molecule has 1 N–H and O–H groups in total. The van der Waals surface area contributed by atoms with Gasteiger partial charge in [-0.2, -0.15) is 0 Å². The van der Waals surface area contributed by atoms with Crippen molar-refractivity contribution < 1.29 is 18.8 Å². The van der Waals surface area contributed by atoms with Crippen molar-refractivity contribution >= 4 is 23.2 Å². The lowest BCUT2D eigenvalue weighted by atomic mass is 10.2. The molecule has 1 aromatic heterocycles. The number of amides is 2. The van der Waals surface area contributed by atoms with Crippen LogP contribution in [0.25, 0.3) is 0 Å². The fourth-order valence-electron chi connectivity index (χ4n) is 2.54. The van der Waals surface area contributed by atoms with Gasteiger partial charge >= 0.3 is 0 Å². The van der Waals surface area contributed by atoms with Crippen LogP contribution in [0.3, 0.4) is 0 Å². The van der Waals surface area contributed by atoms with Crippen molar-refractivity contribution in [3.05, 3.63) is 35.7 Å². The first-order chi connectivity index (χ1) is 11.1. The zero-order chi connectivity index (χ0) is 16.4. The molecule has 0 bridgehead atoms. The van der Waals surface area contributed by atoms with Gasteiger partial charge in [-0.1, -0.05) is 5.16 Å². The molecular formula is C16H17N3O4. The van der Waals surface area contributed by atoms with Crippen LogP contribution in [0.1, 0.15) is 29.1 Å². The number of ether oxygens (including phenoxy) is 1. The quantitative estimate of drug-likeness (QED) is 0.936. The molecule has 1 saturated heterocycles. The number of rotatable bonds is 4. The normalized spacial score (nSPS) is 14.2. The van der Waals surface area contributed by atoms with Crippen LogP contribution in [0.15, 0.2) is 28.8 Å². The first kappa shape index (κ1) is 15.1. The molecule has 0 saturated carbocycles. The molecule has 1 aliphatic heterocycles. The Morgan fingerprint density at radius 1 is 1.39 bits per heavy atom. The molecular weight excluding hydrogens is 298 g/mol. The van der Waals surface area contributed by atoms with E-state index in [0.717, 1.165) is 6.42 Å². The SMILES string of the molecule is COc1cc(NC(=O)c2cc(C)no2)ccc1N1CCCC1=O. The van der Waals surface area contributed by atoms with Gasteiger partial charge in [-0.15, -0.1) is 0 Å². The van der Waals surface area contributed by atoms with Gasteiger partial charge in [0.25, 0.3) is 5.91 Å². The molecule has 2 heterocycles. The van der Waals surface area contributed by atoms with Crippen molar-refractivity contribution in [2.45, 2.75) is 19.8 Å². The lowest BCUT2D eigenvalue weighted by molar-refractivity contribution is -0.117. The van der Waals surface area contributed by atoms with E-state index in [4.69, 9.17) is 9.26 Å². The third kappa shape index (κ3) is 3.03. The van der Waals surface area contributed by atoms with Gasteiger partial charge in [0, 0.05) is 30.8 Å². The summed E-state index contributed by atoms with van der Waals surface area (Å²) in [5.74, 6) is 0.363. The highest BCUT2D eigenvalue weighted by Gasteiger charge is 2.24. The highest BCUT2D eigenvalue weighted by Crippen LogP contribution is 2.33. The Morgan fingerprint density at radius 3 is 2.83 bits per heavy atom. The number of methoxy groups -OCH3 is 1. The van der Waals surface area contributed by atoms with E-state index in [0.29, 0.717) is 35.8 Å². The van der Waals surface area contributed by atoms with Crippen LogP contribution in [0.4, 0.5) is 11.4 Å². The highest BCUT2D eigenvalue weighted by molar-refractivity contribution is 6.03. The zero-order valence-electron chi connectivity index (χ0n) is 13.0. The van der Waals surface area contributed by atoms with Crippen molar-refractivity contribution in [2.75, 3.05) is 23.9 Å². The molecule has 1 aromatic carbocycles. The molecule has 120 valence electrons. The summed E-state index contributed by atoms with van der Waals surface area (Å²) in [5, 5.41) is 6.40. The number of nitrogens with one attached hydrogen (secondary N) is 1. The van der Waals surface area contributed by atoms with E-state index in [-0.39, 0.29) is 11.7 Å². The Morgan fingerprint density at radius 2 is 2.22 bits per heavy atom. The molecule has 3 rings (SSSR count). The third-order valence-electron chi connectivity index (χ3n) is 3.65. The molecule has 0 radical (unpaired) electrons. The van der Waals surface area contributed by atoms with Gasteiger partial charge in [0.05, 0.1) is 18.5 Å². The summed E-state index contributed by atoms with van der Waals surface area (Å²) >= 11 is 0. The number of hydrogen-bond acceptors (Lipinski definition) is 5. The Kier molecular flexibility index (Phi) is 4.01. The summed E-state index contributed by atoms with van der Waals surface area (Å²) in [7, 11) is 1.53. The number of carbonyl (C=O) groups excluding carboxylic acids is 2. The summed E-state index contributed by atoms with van der Waals surface area (Å²) < 4.78 is 10.3. The van der Waals surface area contributed by atoms with Crippen LogP contribution in [0.2, 0.25) is 0 Å². The minimum atomic E-state index is -0.391. The summed E-state index contributed by atoms with van der Waals surface area (Å²) in [6.45, 7) is 2.42. The number of aromatic nitrogens is 1. The van der Waals surface area contributed by atoms with Crippen LogP contribution in [0.5, 0.6) is 5.75 Å². The average molecular weight is 315 g/mol. The highest BCUT2D eigenvalue weighted by atomic mass is 16.5. The lowest BCUT2D eigenvalue weighted by Gasteiger charge is -2.19. The summed E-state index contributed by atoms with van der Waals surface area (Å²) in [4.78, 5) is 25.6. The second-order valence-electron chi connectivity index (χ2n) is 5.32. The monoisotopic (exact) mass is 315 g/mol. The molecule has 2 aromatic rings. The van der Waals surface area contributed by atoms with Gasteiger partial charge < -0.3 is 19.5 Å². The van der Waals surface area contributed by atoms with E-state index >= 15 is 0 Å². The molecule has 1 fully saturated rings. The van der Waals surface area contributed by atoms with Crippen LogP contribution in [-0.4, -0.2) is 30.6 Å². The van der Waals surface area contributed by atoms with Gasteiger partial charge in [0.15, 0.2) is 0 Å². The fraction of sp³-hybridized carbons (Fsp3) is 0.312. The number of carbonyl (C=O) groups is 2. The number of nitrogens with zero attached hydrogens (tertiary/aromatic N) is 2. The first-order valence-corrected chi connectivity index (χ1v) is 7.31. The van der Waals surface area contributed by atoms with Crippen LogP contribution in [-0.2, 0) is 4.79 Å². The second-order valence-corrected chi connectivity index (χ2v) is 5.32. The number of aryl methyl sites for hydroxylation is 1. The first-order valence-electron chi connectivity index (χ1n) is 7.31. The van der Waals surface area contributed by atoms with Gasteiger partial charge in [0.2, 0.25) is 11.7 Å². The van der Waals surface area contributed by atoms with E-state index in [1.54, 1.807) is 36.1 Å². The molecule has 7 nitrogen and oxygen atoms in total. The van der Waals surface area contributed by atoms with E-state index in [1.165, 1.54) is 7.11 Å². The predicted molar refractivity (Wildman–Crippen MR) is 83.8 cm³/mol. The van der Waals surface area contributed by atoms with Gasteiger partial charge in [0.1, 0.15) is 5.75 Å². The maximum absolute atomic E-state index is 12.1. The van der Waals surface area contributed by atoms with Crippen molar-refractivity contribution in [3.8, 4) is 5.75 Å². The van der Waals surface area contributed by atoms with Crippen LogP contribution >= 0.6 is 0 Å². The van der Waals surface area contributed by atoms with E-state index < -0.39 is 5.91 Å². The Bertz CT molecular complexity index is 754. The summed E-state index contributed by atoms with van der Waals surface area (Å²) in [6, 6.07) is 6.74. The topological polar surface area (TPSA) is 84.7 Å². The molecule has 0 atom stereocenters. The number of benzene rings is 1. The van der Waals surface area contributed by atoms with Gasteiger partial charge in [-0.05, 0) is 25.5 Å². The molecule has 23 heavy (non-hydrogen) atoms. The minimum absolute atomic E-state index is 0.0808. The Labute approximate surface area is 133 Å². The smallest absolute Gasteiger partial charge is 0.294 e. The van der Waals surface area contributed by atoms with Crippen LogP contribution in [0, 0.1) is 6.92 Å². The largest absolute Gasteiger partial charge is 0.494 e. The van der Waals surface area contributed by atoms with Crippen LogP contribution < -0.4 is 15.0 Å². The zero-order valence-corrected chi connectivity index (χ0v) is 13.0. The average Bonchev–Trinajstić information content (AvgIpc) is 3.16. The van der Waals surface area contributed by atoms with Crippen molar-refractivity contribution in [1.29, 1.82) is 0 Å². The molecule has 0 spiro atoms. The molecule has 7 heteroatoms. The van der Waals surface area contributed by atoms with Gasteiger partial charge in [-0.3, -0.25) is 9.59 Å². The summed E-state index contributed by atoms with van der Waals surface area (Å²) in [5.41, 5.74) is 1.90. The van der Waals surface area contributed by atoms with E-state index in [9.17, 15) is 9.59 Å². The third-order valence-corrected chi connectivity index (χ3v) is 3.65. The van der Waals surface area contributed by atoms with Crippen molar-refractivity contribution in [2.24, 2.45) is 0 Å². The maximum atomic E-state index is 12.1. The van der Waals surface area contributed by atoms with E-state index in [2.05, 4.69) is 10.5 Å². The standard InChI is InChI=1S/C16H17N3O4/c1-10-8-14(23-18-10)16(21)17-11-5-6-12(13(9-11)22-2)19-7-3-4-15(19)20/h5-6,8-9H,3-4,7H2,1-2H3,(H,17,21). The Balaban J connectivity index is 1.81. The second kappa shape index (κ2) is 6.12. The molecule has 0 unspecified atom stereocenters. The number of anilines is 2.